The Morgan fingerprint density at radius 3 is 2.43 bits per heavy atom. The zero-order valence-corrected chi connectivity index (χ0v) is 17.1. The molecule has 0 aliphatic carbocycles. The van der Waals surface area contributed by atoms with Crippen LogP contribution in [-0.4, -0.2) is 60.6 Å². The van der Waals surface area contributed by atoms with Crippen LogP contribution in [0.2, 0.25) is 0 Å². The van der Waals surface area contributed by atoms with Crippen molar-refractivity contribution in [1.29, 1.82) is 0 Å². The molecule has 0 atom stereocenters. The average Bonchev–Trinajstić information content (AvgIpc) is 2.66. The number of methoxy groups -OCH3 is 2. The van der Waals surface area contributed by atoms with Gasteiger partial charge in [0.1, 0.15) is 0 Å². The highest BCUT2D eigenvalue weighted by molar-refractivity contribution is 5.95. The van der Waals surface area contributed by atoms with Gasteiger partial charge in [-0.3, -0.25) is 14.7 Å². The summed E-state index contributed by atoms with van der Waals surface area (Å²) in [4.78, 5) is 21.3. The first-order valence-electron chi connectivity index (χ1n) is 9.66. The zero-order valence-electron chi connectivity index (χ0n) is 17.1. The minimum Gasteiger partial charge on any atom is -0.493 e. The summed E-state index contributed by atoms with van der Waals surface area (Å²) in [6.45, 7) is 7.82. The maximum Gasteiger partial charge on any atom is 0.254 e. The van der Waals surface area contributed by atoms with E-state index in [0.717, 1.165) is 26.2 Å². The first kappa shape index (κ1) is 20.1. The molecule has 0 unspecified atom stereocenters. The molecule has 0 radical (unpaired) electrons. The highest BCUT2D eigenvalue weighted by atomic mass is 16.5. The summed E-state index contributed by atoms with van der Waals surface area (Å²) in [6.07, 6.45) is 3.66. The summed E-state index contributed by atoms with van der Waals surface area (Å²) in [5.41, 5.74) is 1.88. The van der Waals surface area contributed by atoms with E-state index in [-0.39, 0.29) is 5.91 Å². The summed E-state index contributed by atoms with van der Waals surface area (Å²) in [7, 11) is 3.17. The fraction of sp³-hybridized carbons (Fsp3) is 0.455. The third kappa shape index (κ3) is 4.62. The second kappa shape index (κ2) is 9.06. The number of ether oxygens (including phenoxy) is 2. The van der Waals surface area contributed by atoms with Gasteiger partial charge in [-0.15, -0.1) is 0 Å². The molecule has 0 bridgehead atoms. The van der Waals surface area contributed by atoms with Crippen LogP contribution in [0, 0.1) is 5.92 Å². The van der Waals surface area contributed by atoms with Crippen LogP contribution in [0.4, 0.5) is 0 Å². The van der Waals surface area contributed by atoms with Gasteiger partial charge in [-0.1, -0.05) is 13.8 Å². The third-order valence-corrected chi connectivity index (χ3v) is 5.03. The molecule has 3 rings (SSSR count). The molecule has 1 aliphatic heterocycles. The Kier molecular flexibility index (Phi) is 6.52. The van der Waals surface area contributed by atoms with Gasteiger partial charge in [0.25, 0.3) is 5.91 Å². The highest BCUT2D eigenvalue weighted by Gasteiger charge is 2.35. The maximum atomic E-state index is 12.8. The molecule has 0 N–H and O–H groups in total. The molecule has 1 aliphatic rings. The monoisotopic (exact) mass is 383 g/mol. The number of rotatable bonds is 8. The lowest BCUT2D eigenvalue weighted by molar-refractivity contribution is 0.0197. The van der Waals surface area contributed by atoms with Crippen molar-refractivity contribution in [2.45, 2.75) is 26.4 Å². The van der Waals surface area contributed by atoms with Gasteiger partial charge in [0.2, 0.25) is 0 Å². The summed E-state index contributed by atoms with van der Waals surface area (Å²) >= 11 is 0. The molecule has 1 amide bonds. The van der Waals surface area contributed by atoms with Crippen LogP contribution in [0.1, 0.15) is 29.8 Å². The summed E-state index contributed by atoms with van der Waals surface area (Å²) in [5.74, 6) is 1.80. The van der Waals surface area contributed by atoms with E-state index in [1.165, 1.54) is 5.56 Å². The molecule has 6 heteroatoms. The Morgan fingerprint density at radius 2 is 1.82 bits per heavy atom. The van der Waals surface area contributed by atoms with Crippen LogP contribution in [0.3, 0.4) is 0 Å². The van der Waals surface area contributed by atoms with E-state index in [9.17, 15) is 4.79 Å². The van der Waals surface area contributed by atoms with Crippen LogP contribution < -0.4 is 9.47 Å². The van der Waals surface area contributed by atoms with Gasteiger partial charge < -0.3 is 14.4 Å². The van der Waals surface area contributed by atoms with Gasteiger partial charge in [0.05, 0.1) is 14.2 Å². The van der Waals surface area contributed by atoms with Crippen LogP contribution in [0.5, 0.6) is 11.5 Å². The highest BCUT2D eigenvalue weighted by Crippen LogP contribution is 2.29. The Hall–Kier alpha value is -2.60. The molecule has 1 aromatic carbocycles. The first-order chi connectivity index (χ1) is 13.5. The number of aromatic nitrogens is 1. The Labute approximate surface area is 167 Å². The van der Waals surface area contributed by atoms with Crippen molar-refractivity contribution in [3.63, 3.8) is 0 Å². The molecule has 150 valence electrons. The molecule has 6 nitrogen and oxygen atoms in total. The lowest BCUT2D eigenvalue weighted by atomic mass is 10.0. The summed E-state index contributed by atoms with van der Waals surface area (Å²) in [6, 6.07) is 9.80. The molecule has 1 aromatic heterocycles. The second-order valence-corrected chi connectivity index (χ2v) is 7.61. The number of hydrogen-bond donors (Lipinski definition) is 0. The Balaban J connectivity index is 1.64. The van der Waals surface area contributed by atoms with Gasteiger partial charge >= 0.3 is 0 Å². The van der Waals surface area contributed by atoms with Crippen molar-refractivity contribution in [3.8, 4) is 11.5 Å². The number of hydrogen-bond acceptors (Lipinski definition) is 5. The van der Waals surface area contributed by atoms with Gasteiger partial charge in [-0.25, -0.2) is 0 Å². The zero-order chi connectivity index (χ0) is 20.1. The fourth-order valence-electron chi connectivity index (χ4n) is 3.54. The number of likely N-dealkylation sites (tertiary alicyclic amines) is 1. The second-order valence-electron chi connectivity index (χ2n) is 7.61. The van der Waals surface area contributed by atoms with Gasteiger partial charge in [0.15, 0.2) is 11.5 Å². The molecule has 0 saturated carbocycles. The SMILES string of the molecule is COc1ccc(C(=O)N2CC(N(Cc3ccncc3)CC(C)C)C2)cc1OC. The molecule has 2 aromatic rings. The van der Waals surface area contributed by atoms with E-state index < -0.39 is 0 Å². The Bertz CT molecular complexity index is 789. The minimum atomic E-state index is 0.0330. The van der Waals surface area contributed by atoms with Crippen molar-refractivity contribution in [2.24, 2.45) is 5.92 Å². The van der Waals surface area contributed by atoms with E-state index in [0.29, 0.717) is 29.0 Å². The third-order valence-electron chi connectivity index (χ3n) is 5.03. The van der Waals surface area contributed by atoms with E-state index in [2.05, 4.69) is 35.9 Å². The van der Waals surface area contributed by atoms with Crippen molar-refractivity contribution in [1.82, 2.24) is 14.8 Å². The van der Waals surface area contributed by atoms with Crippen LogP contribution >= 0.6 is 0 Å². The molecular formula is C22H29N3O3. The average molecular weight is 383 g/mol. The predicted molar refractivity (Wildman–Crippen MR) is 109 cm³/mol. The van der Waals surface area contributed by atoms with Gasteiger partial charge in [0, 0.05) is 50.2 Å². The molecule has 28 heavy (non-hydrogen) atoms. The van der Waals surface area contributed by atoms with Crippen molar-refractivity contribution >= 4 is 5.91 Å². The predicted octanol–water partition coefficient (Wildman–Crippen LogP) is 3.08. The number of carbonyl (C=O) groups is 1. The number of carbonyl (C=O) groups excluding carboxylic acids is 1. The van der Waals surface area contributed by atoms with E-state index in [1.54, 1.807) is 32.4 Å². The lowest BCUT2D eigenvalue weighted by Gasteiger charge is -2.46. The standard InChI is InChI=1S/C22H29N3O3/c1-16(2)12-24(13-17-7-9-23-10-8-17)19-14-25(15-19)22(26)18-5-6-20(27-3)21(11-18)28-4/h5-11,16,19H,12-15H2,1-4H3. The largest absolute Gasteiger partial charge is 0.493 e. The van der Waals surface area contributed by atoms with Gasteiger partial charge in [-0.05, 0) is 41.8 Å². The first-order valence-corrected chi connectivity index (χ1v) is 9.66. The quantitative estimate of drug-likeness (QED) is 0.701. The fourth-order valence-corrected chi connectivity index (χ4v) is 3.54. The number of nitrogens with zero attached hydrogens (tertiary/aromatic N) is 3. The van der Waals surface area contributed by atoms with Crippen molar-refractivity contribution in [2.75, 3.05) is 33.9 Å². The molecule has 0 spiro atoms. The molecular weight excluding hydrogens is 354 g/mol. The summed E-state index contributed by atoms with van der Waals surface area (Å²) in [5, 5.41) is 0. The number of amides is 1. The van der Waals surface area contributed by atoms with Gasteiger partial charge in [-0.2, -0.15) is 0 Å². The maximum absolute atomic E-state index is 12.8. The normalized spacial score (nSPS) is 14.3. The van der Waals surface area contributed by atoms with E-state index in [4.69, 9.17) is 9.47 Å². The van der Waals surface area contributed by atoms with E-state index in [1.807, 2.05) is 17.3 Å². The van der Waals surface area contributed by atoms with Crippen LogP contribution in [-0.2, 0) is 6.54 Å². The lowest BCUT2D eigenvalue weighted by Crippen LogP contribution is -2.61. The van der Waals surface area contributed by atoms with Crippen molar-refractivity contribution in [3.05, 3.63) is 53.9 Å². The number of pyridine rings is 1. The van der Waals surface area contributed by atoms with Crippen LogP contribution in [0.15, 0.2) is 42.7 Å². The Morgan fingerprint density at radius 1 is 1.14 bits per heavy atom. The van der Waals surface area contributed by atoms with Crippen molar-refractivity contribution < 1.29 is 14.3 Å². The molecule has 1 fully saturated rings. The minimum absolute atomic E-state index is 0.0330. The topological polar surface area (TPSA) is 54.9 Å². The smallest absolute Gasteiger partial charge is 0.254 e. The van der Waals surface area contributed by atoms with E-state index >= 15 is 0 Å². The number of benzene rings is 1. The summed E-state index contributed by atoms with van der Waals surface area (Å²) < 4.78 is 10.6. The molecule has 1 saturated heterocycles. The molecule has 2 heterocycles. The van der Waals surface area contributed by atoms with Crippen LogP contribution in [0.25, 0.3) is 0 Å².